The van der Waals surface area contributed by atoms with Crippen molar-refractivity contribution in [2.24, 2.45) is 5.92 Å². The lowest BCUT2D eigenvalue weighted by atomic mass is 10.1. The van der Waals surface area contributed by atoms with Gasteiger partial charge in [0.05, 0.1) is 12.2 Å². The molecule has 82 valence electrons. The van der Waals surface area contributed by atoms with Gasteiger partial charge in [-0.1, -0.05) is 32.4 Å². The quantitative estimate of drug-likeness (QED) is 0.719. The molecule has 0 aromatic heterocycles. The van der Waals surface area contributed by atoms with Crippen molar-refractivity contribution in [1.82, 2.24) is 0 Å². The molecule has 1 unspecified atom stereocenters. The molecule has 1 rings (SSSR count). The molecule has 0 N–H and O–H groups in total. The van der Waals surface area contributed by atoms with Gasteiger partial charge in [-0.05, 0) is 29.7 Å². The molecule has 3 heteroatoms. The van der Waals surface area contributed by atoms with Crippen molar-refractivity contribution in [2.45, 2.75) is 20.3 Å². The smallest absolute Gasteiger partial charge is 0.256 e. The lowest BCUT2D eigenvalue weighted by Gasteiger charge is -2.12. The fourth-order valence-corrected chi connectivity index (χ4v) is 1.26. The van der Waals surface area contributed by atoms with Gasteiger partial charge in [0, 0.05) is 0 Å². The van der Waals surface area contributed by atoms with Gasteiger partial charge in [-0.2, -0.15) is 0 Å². The van der Waals surface area contributed by atoms with Crippen molar-refractivity contribution < 1.29 is 9.53 Å². The third-order valence-electron chi connectivity index (χ3n) is 2.32. The zero-order chi connectivity index (χ0) is 11.3. The van der Waals surface area contributed by atoms with E-state index < -0.39 is 5.24 Å². The molecule has 0 fully saturated rings. The second-order valence-corrected chi connectivity index (χ2v) is 3.94. The minimum absolute atomic E-state index is 0.433. The number of hydrogen-bond donors (Lipinski definition) is 0. The van der Waals surface area contributed by atoms with E-state index in [4.69, 9.17) is 16.3 Å². The molecule has 1 aromatic rings. The highest BCUT2D eigenvalue weighted by atomic mass is 35.5. The normalized spacial score (nSPS) is 12.2. The molecule has 0 radical (unpaired) electrons. The molecule has 0 saturated carbocycles. The summed E-state index contributed by atoms with van der Waals surface area (Å²) in [6, 6.07) is 7.03. The molecule has 0 aliphatic carbocycles. The molecule has 0 saturated heterocycles. The van der Waals surface area contributed by atoms with E-state index in [0.717, 1.165) is 6.42 Å². The third kappa shape index (κ3) is 3.56. The predicted molar refractivity (Wildman–Crippen MR) is 61.6 cm³/mol. The topological polar surface area (TPSA) is 26.3 Å². The maximum absolute atomic E-state index is 11.1. The molecule has 1 aromatic carbocycles. The first kappa shape index (κ1) is 12.1. The molecule has 15 heavy (non-hydrogen) atoms. The highest BCUT2D eigenvalue weighted by molar-refractivity contribution is 6.68. The van der Waals surface area contributed by atoms with E-state index in [1.807, 2.05) is 6.07 Å². The van der Waals surface area contributed by atoms with Crippen molar-refractivity contribution in [3.8, 4) is 5.75 Å². The van der Waals surface area contributed by atoms with E-state index in [9.17, 15) is 4.79 Å². The van der Waals surface area contributed by atoms with Gasteiger partial charge in [0.15, 0.2) is 0 Å². The maximum Gasteiger partial charge on any atom is 0.256 e. The Labute approximate surface area is 95.2 Å². The summed E-state index contributed by atoms with van der Waals surface area (Å²) in [6.45, 7) is 4.81. The minimum Gasteiger partial charge on any atom is -0.493 e. The molecule has 2 nitrogen and oxygen atoms in total. The zero-order valence-electron chi connectivity index (χ0n) is 9.00. The fraction of sp³-hybridized carbons (Fsp3) is 0.417. The summed E-state index contributed by atoms with van der Waals surface area (Å²) in [4.78, 5) is 11.1. The monoisotopic (exact) mass is 226 g/mol. The third-order valence-corrected chi connectivity index (χ3v) is 2.52. The van der Waals surface area contributed by atoms with E-state index in [0.29, 0.717) is 23.8 Å². The van der Waals surface area contributed by atoms with Gasteiger partial charge in [-0.3, -0.25) is 4.79 Å². The van der Waals surface area contributed by atoms with E-state index >= 15 is 0 Å². The SMILES string of the molecule is CCC(C)COc1ccccc1C(=O)Cl. The summed E-state index contributed by atoms with van der Waals surface area (Å²) in [5.74, 6) is 1.04. The molecule has 0 heterocycles. The van der Waals surface area contributed by atoms with Gasteiger partial charge in [0.2, 0.25) is 0 Å². The van der Waals surface area contributed by atoms with Gasteiger partial charge < -0.3 is 4.74 Å². The number of carbonyl (C=O) groups excluding carboxylic acids is 1. The molecule has 0 spiro atoms. The van der Waals surface area contributed by atoms with Crippen LogP contribution in [0.2, 0.25) is 0 Å². The van der Waals surface area contributed by atoms with Crippen molar-refractivity contribution in [2.75, 3.05) is 6.61 Å². The first-order valence-corrected chi connectivity index (χ1v) is 5.44. The summed E-state index contributed by atoms with van der Waals surface area (Å²) < 4.78 is 5.55. The van der Waals surface area contributed by atoms with E-state index in [-0.39, 0.29) is 0 Å². The Morgan fingerprint density at radius 2 is 2.13 bits per heavy atom. The summed E-state index contributed by atoms with van der Waals surface area (Å²) in [5.41, 5.74) is 0.433. The number of halogens is 1. The fourth-order valence-electron chi connectivity index (χ4n) is 1.10. The van der Waals surface area contributed by atoms with Crippen LogP contribution >= 0.6 is 11.6 Å². The molecule has 0 amide bonds. The minimum atomic E-state index is -0.477. The van der Waals surface area contributed by atoms with Gasteiger partial charge >= 0.3 is 0 Å². The van der Waals surface area contributed by atoms with E-state index in [2.05, 4.69) is 13.8 Å². The average Bonchev–Trinajstić information content (AvgIpc) is 2.26. The summed E-state index contributed by atoms with van der Waals surface area (Å²) in [5, 5.41) is -0.477. The highest BCUT2D eigenvalue weighted by Gasteiger charge is 2.09. The number of para-hydroxylation sites is 1. The number of carbonyl (C=O) groups is 1. The van der Waals surface area contributed by atoms with Crippen LogP contribution in [0.25, 0.3) is 0 Å². The van der Waals surface area contributed by atoms with Gasteiger partial charge in [0.1, 0.15) is 5.75 Å². The lowest BCUT2D eigenvalue weighted by Crippen LogP contribution is -2.09. The lowest BCUT2D eigenvalue weighted by molar-refractivity contribution is 0.107. The van der Waals surface area contributed by atoms with Crippen LogP contribution in [0.3, 0.4) is 0 Å². The maximum atomic E-state index is 11.1. The zero-order valence-corrected chi connectivity index (χ0v) is 9.75. The van der Waals surface area contributed by atoms with Crippen LogP contribution in [-0.4, -0.2) is 11.8 Å². The number of ether oxygens (including phenoxy) is 1. The highest BCUT2D eigenvalue weighted by Crippen LogP contribution is 2.20. The van der Waals surface area contributed by atoms with Crippen LogP contribution in [0, 0.1) is 5.92 Å². The second kappa shape index (κ2) is 5.76. The largest absolute Gasteiger partial charge is 0.493 e. The average molecular weight is 227 g/mol. The van der Waals surface area contributed by atoms with Gasteiger partial charge in [-0.25, -0.2) is 0 Å². The van der Waals surface area contributed by atoms with Crippen LogP contribution < -0.4 is 4.74 Å². The first-order valence-electron chi connectivity index (χ1n) is 5.06. The second-order valence-electron chi connectivity index (χ2n) is 3.59. The summed E-state index contributed by atoms with van der Waals surface area (Å²) >= 11 is 5.44. The van der Waals surface area contributed by atoms with Crippen LogP contribution in [0.15, 0.2) is 24.3 Å². The first-order chi connectivity index (χ1) is 7.15. The number of rotatable bonds is 5. The summed E-state index contributed by atoms with van der Waals surface area (Å²) in [7, 11) is 0. The van der Waals surface area contributed by atoms with Crippen molar-refractivity contribution in [3.05, 3.63) is 29.8 Å². The van der Waals surface area contributed by atoms with Crippen molar-refractivity contribution in [1.29, 1.82) is 0 Å². The Balaban J connectivity index is 2.72. The van der Waals surface area contributed by atoms with Crippen LogP contribution in [0.5, 0.6) is 5.75 Å². The molecule has 0 aliphatic heterocycles. The molecule has 0 aliphatic rings. The Morgan fingerprint density at radius 3 is 2.73 bits per heavy atom. The molecular weight excluding hydrogens is 212 g/mol. The number of hydrogen-bond acceptors (Lipinski definition) is 2. The van der Waals surface area contributed by atoms with Gasteiger partial charge in [0.25, 0.3) is 5.24 Å². The van der Waals surface area contributed by atoms with Crippen molar-refractivity contribution >= 4 is 16.8 Å². The standard InChI is InChI=1S/C12H15ClO2/c1-3-9(2)8-15-11-7-5-4-6-10(11)12(13)14/h4-7,9H,3,8H2,1-2H3. The van der Waals surface area contributed by atoms with Crippen LogP contribution in [-0.2, 0) is 0 Å². The molecule has 0 bridgehead atoms. The Kier molecular flexibility index (Phi) is 4.63. The Morgan fingerprint density at radius 1 is 1.47 bits per heavy atom. The van der Waals surface area contributed by atoms with Crippen molar-refractivity contribution in [3.63, 3.8) is 0 Å². The molecule has 1 atom stereocenters. The van der Waals surface area contributed by atoms with E-state index in [1.54, 1.807) is 18.2 Å². The van der Waals surface area contributed by atoms with Crippen LogP contribution in [0.4, 0.5) is 0 Å². The number of benzene rings is 1. The van der Waals surface area contributed by atoms with Crippen LogP contribution in [0.1, 0.15) is 30.6 Å². The Hall–Kier alpha value is -1.02. The van der Waals surface area contributed by atoms with E-state index in [1.165, 1.54) is 0 Å². The summed E-state index contributed by atoms with van der Waals surface area (Å²) in [6.07, 6.45) is 1.05. The predicted octanol–water partition coefficient (Wildman–Crippen LogP) is 3.49. The molecular formula is C12H15ClO2. The van der Waals surface area contributed by atoms with Gasteiger partial charge in [-0.15, -0.1) is 0 Å². The Bertz CT molecular complexity index is 336.